The van der Waals surface area contributed by atoms with E-state index in [1.54, 1.807) is 6.07 Å². The molecule has 19 heavy (non-hydrogen) atoms. The molecule has 1 aromatic heterocycles. The number of aromatic amines is 1. The second kappa shape index (κ2) is 4.89. The lowest BCUT2D eigenvalue weighted by Gasteiger charge is -2.01. The highest BCUT2D eigenvalue weighted by Gasteiger charge is 2.14. The molecule has 0 spiro atoms. The number of aromatic nitrogens is 1. The van der Waals surface area contributed by atoms with E-state index in [-0.39, 0.29) is 11.4 Å². The van der Waals surface area contributed by atoms with Crippen LogP contribution in [0.1, 0.15) is 10.4 Å². The molecule has 0 aliphatic rings. The fraction of sp³-hybridized carbons (Fsp3) is 0. The minimum Gasteiger partial charge on any atom is -0.365 e. The number of amides is 3. The van der Waals surface area contributed by atoms with Crippen LogP contribution in [0.3, 0.4) is 0 Å². The van der Waals surface area contributed by atoms with Gasteiger partial charge in [-0.3, -0.25) is 10.1 Å². The van der Waals surface area contributed by atoms with E-state index in [1.807, 2.05) is 32.1 Å². The molecular weight excluding hydrogens is 243 g/mol. The maximum absolute atomic E-state index is 11.3. The second-order valence-corrected chi connectivity index (χ2v) is 4.19. The number of nitrogens with two attached hydrogens (primary N) is 2. The molecule has 3 amide bonds. The number of carbonyl (C=O) groups is 2. The first kappa shape index (κ1) is 12.8. The van der Waals surface area contributed by atoms with Crippen LogP contribution in [-0.2, 0) is 0 Å². The van der Waals surface area contributed by atoms with Crippen molar-refractivity contribution in [1.82, 2.24) is 4.98 Å². The number of hydrogen-bond acceptors (Lipinski definition) is 2. The van der Waals surface area contributed by atoms with Crippen LogP contribution >= 0.6 is 0 Å². The monoisotopic (exact) mass is 256 g/mol. The van der Waals surface area contributed by atoms with Gasteiger partial charge in [0.05, 0.1) is 5.56 Å². The molecule has 7 heteroatoms. The Morgan fingerprint density at radius 1 is 1.16 bits per heavy atom. The summed E-state index contributed by atoms with van der Waals surface area (Å²) in [5, 5.41) is 2.34. The van der Waals surface area contributed by atoms with Crippen molar-refractivity contribution in [2.75, 3.05) is 5.32 Å². The van der Waals surface area contributed by atoms with E-state index < -0.39 is 11.9 Å². The normalized spacial score (nSPS) is 10.1. The minimum absolute atomic E-state index is 0.189. The maximum atomic E-state index is 11.3. The van der Waals surface area contributed by atoms with Crippen LogP contribution in [0.15, 0.2) is 30.3 Å². The molecule has 0 saturated heterocycles. The average molecular weight is 256 g/mol. The molecule has 0 bridgehead atoms. The molecule has 0 radical (unpaired) electrons. The van der Waals surface area contributed by atoms with Crippen LogP contribution in [0.25, 0.3) is 11.3 Å². The van der Waals surface area contributed by atoms with Gasteiger partial charge in [0.25, 0.3) is 5.91 Å². The van der Waals surface area contributed by atoms with E-state index in [9.17, 15) is 9.59 Å². The summed E-state index contributed by atoms with van der Waals surface area (Å²) in [6, 6.07) is 8.51. The van der Waals surface area contributed by atoms with Crippen molar-refractivity contribution in [3.63, 3.8) is 0 Å². The van der Waals surface area contributed by atoms with Crippen molar-refractivity contribution in [2.24, 2.45) is 11.5 Å². The van der Waals surface area contributed by atoms with Crippen molar-refractivity contribution >= 4 is 31.1 Å². The Hall–Kier alpha value is -2.70. The van der Waals surface area contributed by atoms with Crippen LogP contribution in [0.5, 0.6) is 0 Å². The van der Waals surface area contributed by atoms with Gasteiger partial charge in [0.2, 0.25) is 0 Å². The van der Waals surface area contributed by atoms with Crippen molar-refractivity contribution in [3.8, 4) is 11.3 Å². The largest absolute Gasteiger partial charge is 0.365 e. The number of benzene rings is 1. The fourth-order valence-electron chi connectivity index (χ4n) is 1.76. The third-order valence-electron chi connectivity index (χ3n) is 2.69. The van der Waals surface area contributed by atoms with Crippen LogP contribution < -0.4 is 22.2 Å². The molecule has 2 rings (SSSR count). The smallest absolute Gasteiger partial charge is 0.317 e. The van der Waals surface area contributed by atoms with Gasteiger partial charge in [0, 0.05) is 5.69 Å². The van der Waals surface area contributed by atoms with Gasteiger partial charge in [-0.15, -0.1) is 0 Å². The Morgan fingerprint density at radius 2 is 1.79 bits per heavy atom. The molecule has 96 valence electrons. The van der Waals surface area contributed by atoms with Gasteiger partial charge < -0.3 is 16.5 Å². The number of carbonyl (C=O) groups excluding carboxylic acids is 2. The Balaban J connectivity index is 2.45. The van der Waals surface area contributed by atoms with Crippen LogP contribution in [0.4, 0.5) is 10.6 Å². The fourth-order valence-corrected chi connectivity index (χ4v) is 1.76. The molecule has 0 saturated carbocycles. The van der Waals surface area contributed by atoms with E-state index in [2.05, 4.69) is 10.3 Å². The van der Waals surface area contributed by atoms with Gasteiger partial charge in [0.1, 0.15) is 13.7 Å². The van der Waals surface area contributed by atoms with E-state index in [1.165, 1.54) is 0 Å². The molecule has 0 aliphatic carbocycles. The van der Waals surface area contributed by atoms with E-state index in [4.69, 9.17) is 11.5 Å². The predicted octanol–water partition coefficient (Wildman–Crippen LogP) is -0.470. The van der Waals surface area contributed by atoms with Crippen molar-refractivity contribution in [2.45, 2.75) is 0 Å². The topological polar surface area (TPSA) is 114 Å². The second-order valence-electron chi connectivity index (χ2n) is 4.19. The summed E-state index contributed by atoms with van der Waals surface area (Å²) in [7, 11) is 1.98. The number of urea groups is 1. The standard InChI is InChI=1S/C12H13BN4O2/c13-7-3-1-6(2-4-7)9-5-8(10(14)18)11(16-9)17-12(15)19/h1-5,16H,13H2,(H2,14,18)(H3,15,17,19). The first-order chi connectivity index (χ1) is 8.97. The van der Waals surface area contributed by atoms with Gasteiger partial charge in [-0.05, 0) is 11.6 Å². The molecule has 0 unspecified atom stereocenters. The Morgan fingerprint density at radius 3 is 2.32 bits per heavy atom. The number of primary amides is 2. The lowest BCUT2D eigenvalue weighted by molar-refractivity contribution is 0.100. The highest BCUT2D eigenvalue weighted by molar-refractivity contribution is 6.32. The Labute approximate surface area is 110 Å². The quantitative estimate of drug-likeness (QED) is 0.556. The summed E-state index contributed by atoms with van der Waals surface area (Å²) in [5.41, 5.74) is 13.2. The molecule has 6 N–H and O–H groups in total. The first-order valence-electron chi connectivity index (χ1n) is 5.63. The first-order valence-corrected chi connectivity index (χ1v) is 5.63. The van der Waals surface area contributed by atoms with E-state index >= 15 is 0 Å². The van der Waals surface area contributed by atoms with Gasteiger partial charge in [-0.2, -0.15) is 0 Å². The van der Waals surface area contributed by atoms with Crippen LogP contribution in [0, 0.1) is 0 Å². The molecule has 0 aliphatic heterocycles. The summed E-state index contributed by atoms with van der Waals surface area (Å²) in [6.45, 7) is 0. The third-order valence-corrected chi connectivity index (χ3v) is 2.69. The SMILES string of the molecule is Bc1ccc(-c2cc(C(N)=O)c(NC(N)=O)[nH]2)cc1. The predicted molar refractivity (Wildman–Crippen MR) is 76.1 cm³/mol. The van der Waals surface area contributed by atoms with Gasteiger partial charge >= 0.3 is 6.03 Å². The van der Waals surface area contributed by atoms with Gasteiger partial charge in [-0.1, -0.05) is 29.7 Å². The van der Waals surface area contributed by atoms with Crippen molar-refractivity contribution in [1.29, 1.82) is 0 Å². The summed E-state index contributed by atoms with van der Waals surface area (Å²) in [6.07, 6.45) is 0. The highest BCUT2D eigenvalue weighted by atomic mass is 16.2. The average Bonchev–Trinajstić information content (AvgIpc) is 2.73. The number of rotatable bonds is 3. The zero-order chi connectivity index (χ0) is 14.0. The van der Waals surface area contributed by atoms with E-state index in [0.29, 0.717) is 5.69 Å². The van der Waals surface area contributed by atoms with Crippen LogP contribution in [-0.4, -0.2) is 24.8 Å². The van der Waals surface area contributed by atoms with Crippen molar-refractivity contribution < 1.29 is 9.59 Å². The lowest BCUT2D eigenvalue weighted by atomic mass is 9.95. The molecule has 1 heterocycles. The lowest BCUT2D eigenvalue weighted by Crippen LogP contribution is -2.22. The summed E-state index contributed by atoms with van der Waals surface area (Å²) in [4.78, 5) is 25.1. The Kier molecular flexibility index (Phi) is 3.28. The number of H-pyrrole nitrogens is 1. The molecule has 0 fully saturated rings. The summed E-state index contributed by atoms with van der Waals surface area (Å²) < 4.78 is 0. The van der Waals surface area contributed by atoms with Gasteiger partial charge in [-0.25, -0.2) is 4.79 Å². The third kappa shape index (κ3) is 2.76. The van der Waals surface area contributed by atoms with Crippen molar-refractivity contribution in [3.05, 3.63) is 35.9 Å². The number of anilines is 1. The van der Waals surface area contributed by atoms with E-state index in [0.717, 1.165) is 11.0 Å². The number of hydrogen-bond donors (Lipinski definition) is 4. The molecular formula is C12H13BN4O2. The molecule has 6 nitrogen and oxygen atoms in total. The zero-order valence-corrected chi connectivity index (χ0v) is 10.4. The Bertz CT molecular complexity index is 634. The number of nitrogens with one attached hydrogen (secondary N) is 2. The highest BCUT2D eigenvalue weighted by Crippen LogP contribution is 2.24. The minimum atomic E-state index is -0.764. The molecule has 0 atom stereocenters. The maximum Gasteiger partial charge on any atom is 0.317 e. The summed E-state index contributed by atoms with van der Waals surface area (Å²) >= 11 is 0. The molecule has 1 aromatic carbocycles. The zero-order valence-electron chi connectivity index (χ0n) is 10.4. The summed E-state index contributed by atoms with van der Waals surface area (Å²) in [5.74, 6) is -0.436. The van der Waals surface area contributed by atoms with Crippen LogP contribution in [0.2, 0.25) is 0 Å². The van der Waals surface area contributed by atoms with Gasteiger partial charge in [0.15, 0.2) is 0 Å². The molecule has 2 aromatic rings.